The lowest BCUT2D eigenvalue weighted by atomic mass is 10.1. The summed E-state index contributed by atoms with van der Waals surface area (Å²) in [6, 6.07) is 13.6. The molecule has 0 aliphatic rings. The van der Waals surface area contributed by atoms with Gasteiger partial charge in [-0.25, -0.2) is 4.79 Å². The lowest BCUT2D eigenvalue weighted by Gasteiger charge is -2.03. The molecule has 3 nitrogen and oxygen atoms in total. The second-order valence-electron chi connectivity index (χ2n) is 3.86. The fourth-order valence-corrected chi connectivity index (χ4v) is 1.71. The average molecular weight is 240 g/mol. The molecule has 2 aromatic carbocycles. The van der Waals surface area contributed by atoms with Crippen LogP contribution in [0.15, 0.2) is 55.1 Å². The Balaban J connectivity index is 2.14. The van der Waals surface area contributed by atoms with Crippen LogP contribution in [0.25, 0.3) is 10.8 Å². The van der Waals surface area contributed by atoms with Gasteiger partial charge in [-0.1, -0.05) is 49.0 Å². The molecule has 0 spiro atoms. The van der Waals surface area contributed by atoms with Crippen LogP contribution < -0.4 is 0 Å². The van der Waals surface area contributed by atoms with Gasteiger partial charge in [0.15, 0.2) is 0 Å². The Labute approximate surface area is 105 Å². The van der Waals surface area contributed by atoms with Gasteiger partial charge in [0, 0.05) is 6.08 Å². The van der Waals surface area contributed by atoms with E-state index in [1.165, 1.54) is 0 Å². The SMILES string of the molecule is C=CC(=O)OC(=O)Cc1ccc2ccccc2c1. The molecule has 90 valence electrons. The normalized spacial score (nSPS) is 10.0. The molecule has 0 unspecified atom stereocenters. The second kappa shape index (κ2) is 5.27. The van der Waals surface area contributed by atoms with Crippen LogP contribution in [0.5, 0.6) is 0 Å². The van der Waals surface area contributed by atoms with Crippen LogP contribution in [0.1, 0.15) is 5.56 Å². The first-order valence-corrected chi connectivity index (χ1v) is 5.54. The van der Waals surface area contributed by atoms with E-state index in [4.69, 9.17) is 0 Å². The van der Waals surface area contributed by atoms with Crippen LogP contribution in [0.2, 0.25) is 0 Å². The summed E-state index contributed by atoms with van der Waals surface area (Å²) < 4.78 is 4.52. The first-order valence-electron chi connectivity index (χ1n) is 5.54. The molecule has 2 aromatic rings. The molecule has 0 radical (unpaired) electrons. The van der Waals surface area contributed by atoms with E-state index < -0.39 is 11.9 Å². The highest BCUT2D eigenvalue weighted by atomic mass is 16.6. The molecule has 0 amide bonds. The first-order chi connectivity index (χ1) is 8.69. The highest BCUT2D eigenvalue weighted by Gasteiger charge is 2.08. The third kappa shape index (κ3) is 2.83. The number of carbonyl (C=O) groups is 2. The molecule has 2 rings (SSSR count). The standard InChI is InChI=1S/C15H12O3/c1-2-14(16)18-15(17)10-11-7-8-12-5-3-4-6-13(12)9-11/h2-9H,1,10H2. The molecular weight excluding hydrogens is 228 g/mol. The van der Waals surface area contributed by atoms with E-state index >= 15 is 0 Å². The molecule has 0 aliphatic carbocycles. The summed E-state index contributed by atoms with van der Waals surface area (Å²) in [4.78, 5) is 22.3. The molecule has 0 N–H and O–H groups in total. The third-order valence-corrected chi connectivity index (χ3v) is 2.54. The van der Waals surface area contributed by atoms with Crippen molar-refractivity contribution in [3.63, 3.8) is 0 Å². The zero-order chi connectivity index (χ0) is 13.0. The summed E-state index contributed by atoms with van der Waals surface area (Å²) in [6.07, 6.45) is 1.04. The Bertz CT molecular complexity index is 614. The van der Waals surface area contributed by atoms with Crippen molar-refractivity contribution in [3.8, 4) is 0 Å². The maximum atomic E-state index is 11.4. The van der Waals surface area contributed by atoms with Gasteiger partial charge in [-0.3, -0.25) is 4.79 Å². The number of carbonyl (C=O) groups excluding carboxylic acids is 2. The zero-order valence-corrected chi connectivity index (χ0v) is 9.76. The van der Waals surface area contributed by atoms with Crippen molar-refractivity contribution in [2.45, 2.75) is 6.42 Å². The van der Waals surface area contributed by atoms with Gasteiger partial charge in [0.05, 0.1) is 6.42 Å². The quantitative estimate of drug-likeness (QED) is 0.470. The van der Waals surface area contributed by atoms with Crippen LogP contribution in [0.3, 0.4) is 0 Å². The zero-order valence-electron chi connectivity index (χ0n) is 9.76. The predicted octanol–water partition coefficient (Wildman–Crippen LogP) is 2.64. The van der Waals surface area contributed by atoms with Gasteiger partial charge in [0.25, 0.3) is 0 Å². The summed E-state index contributed by atoms with van der Waals surface area (Å²) in [5, 5.41) is 2.16. The van der Waals surface area contributed by atoms with Crippen molar-refractivity contribution in [1.82, 2.24) is 0 Å². The van der Waals surface area contributed by atoms with Gasteiger partial charge in [0.2, 0.25) is 0 Å². The van der Waals surface area contributed by atoms with Gasteiger partial charge in [-0.2, -0.15) is 0 Å². The largest absolute Gasteiger partial charge is 0.390 e. The molecule has 3 heteroatoms. The monoisotopic (exact) mass is 240 g/mol. The minimum absolute atomic E-state index is 0.0738. The number of hydrogen-bond acceptors (Lipinski definition) is 3. The Morgan fingerprint density at radius 2 is 1.83 bits per heavy atom. The number of fused-ring (bicyclic) bond motifs is 1. The molecule has 0 atom stereocenters. The van der Waals surface area contributed by atoms with Crippen molar-refractivity contribution in [2.75, 3.05) is 0 Å². The number of benzene rings is 2. The number of rotatable bonds is 3. The predicted molar refractivity (Wildman–Crippen MR) is 68.9 cm³/mol. The van der Waals surface area contributed by atoms with Crippen molar-refractivity contribution < 1.29 is 14.3 Å². The number of esters is 2. The van der Waals surface area contributed by atoms with E-state index in [2.05, 4.69) is 11.3 Å². The van der Waals surface area contributed by atoms with E-state index in [1.807, 2.05) is 42.5 Å². The molecule has 0 saturated heterocycles. The van der Waals surface area contributed by atoms with E-state index in [9.17, 15) is 9.59 Å². The maximum absolute atomic E-state index is 11.4. The van der Waals surface area contributed by atoms with Gasteiger partial charge < -0.3 is 4.74 Å². The molecule has 0 saturated carbocycles. The highest BCUT2D eigenvalue weighted by Crippen LogP contribution is 2.16. The van der Waals surface area contributed by atoms with E-state index in [-0.39, 0.29) is 6.42 Å². The Hall–Kier alpha value is -2.42. The lowest BCUT2D eigenvalue weighted by Crippen LogP contribution is -2.12. The van der Waals surface area contributed by atoms with Gasteiger partial charge in [0.1, 0.15) is 0 Å². The van der Waals surface area contributed by atoms with Crippen LogP contribution in [-0.2, 0) is 20.7 Å². The van der Waals surface area contributed by atoms with Crippen molar-refractivity contribution >= 4 is 22.7 Å². The molecule has 0 aliphatic heterocycles. The molecule has 18 heavy (non-hydrogen) atoms. The fourth-order valence-electron chi connectivity index (χ4n) is 1.71. The Morgan fingerprint density at radius 1 is 1.11 bits per heavy atom. The summed E-state index contributed by atoms with van der Waals surface area (Å²) >= 11 is 0. The first kappa shape index (κ1) is 12.0. The smallest absolute Gasteiger partial charge is 0.337 e. The lowest BCUT2D eigenvalue weighted by molar-refractivity contribution is -0.155. The second-order valence-corrected chi connectivity index (χ2v) is 3.86. The third-order valence-electron chi connectivity index (χ3n) is 2.54. The van der Waals surface area contributed by atoms with Crippen LogP contribution in [0.4, 0.5) is 0 Å². The minimum Gasteiger partial charge on any atom is -0.390 e. The van der Waals surface area contributed by atoms with Crippen LogP contribution >= 0.6 is 0 Å². The van der Waals surface area contributed by atoms with Gasteiger partial charge in [-0.05, 0) is 16.3 Å². The van der Waals surface area contributed by atoms with E-state index in [1.54, 1.807) is 0 Å². The van der Waals surface area contributed by atoms with Crippen molar-refractivity contribution in [3.05, 3.63) is 60.7 Å². The van der Waals surface area contributed by atoms with E-state index in [0.29, 0.717) is 0 Å². The summed E-state index contributed by atoms with van der Waals surface area (Å²) in [7, 11) is 0. The number of ether oxygens (including phenoxy) is 1. The highest BCUT2D eigenvalue weighted by molar-refractivity contribution is 5.92. The van der Waals surface area contributed by atoms with Gasteiger partial charge in [-0.15, -0.1) is 0 Å². The minimum atomic E-state index is -0.721. The molecular formula is C15H12O3. The molecule has 0 aromatic heterocycles. The average Bonchev–Trinajstić information content (AvgIpc) is 2.38. The Morgan fingerprint density at radius 3 is 2.56 bits per heavy atom. The van der Waals surface area contributed by atoms with Crippen LogP contribution in [-0.4, -0.2) is 11.9 Å². The van der Waals surface area contributed by atoms with E-state index in [0.717, 1.165) is 22.4 Å². The maximum Gasteiger partial charge on any atom is 0.337 e. The van der Waals surface area contributed by atoms with Crippen molar-refractivity contribution in [2.24, 2.45) is 0 Å². The molecule has 0 heterocycles. The Kier molecular flexibility index (Phi) is 3.53. The molecule has 0 bridgehead atoms. The summed E-state index contributed by atoms with van der Waals surface area (Å²) in [5.74, 6) is -1.30. The summed E-state index contributed by atoms with van der Waals surface area (Å²) in [5.41, 5.74) is 0.815. The van der Waals surface area contributed by atoms with Crippen molar-refractivity contribution in [1.29, 1.82) is 0 Å². The number of hydrogen-bond donors (Lipinski definition) is 0. The topological polar surface area (TPSA) is 43.4 Å². The molecule has 0 fully saturated rings. The van der Waals surface area contributed by atoms with Gasteiger partial charge >= 0.3 is 11.9 Å². The van der Waals surface area contributed by atoms with Crippen LogP contribution in [0, 0.1) is 0 Å². The fraction of sp³-hybridized carbons (Fsp3) is 0.0667. The summed E-state index contributed by atoms with van der Waals surface area (Å²) in [6.45, 7) is 3.23.